The van der Waals surface area contributed by atoms with Crippen LogP contribution in [0.1, 0.15) is 24.5 Å². The van der Waals surface area contributed by atoms with Crippen LogP contribution in [0.2, 0.25) is 5.02 Å². The van der Waals surface area contributed by atoms with E-state index < -0.39 is 0 Å². The first-order valence-corrected chi connectivity index (χ1v) is 8.98. The van der Waals surface area contributed by atoms with Gasteiger partial charge in [-0.15, -0.1) is 0 Å². The Labute approximate surface area is 153 Å². The van der Waals surface area contributed by atoms with Gasteiger partial charge in [0.2, 0.25) is 5.91 Å². The smallest absolute Gasteiger partial charge is 0.224 e. The molecule has 0 unspecified atom stereocenters. The molecule has 0 aliphatic carbocycles. The molecule has 0 aromatic heterocycles. The zero-order valence-electron chi connectivity index (χ0n) is 14.6. The van der Waals surface area contributed by atoms with Gasteiger partial charge in [-0.25, -0.2) is 0 Å². The molecule has 1 aliphatic rings. The van der Waals surface area contributed by atoms with Crippen LogP contribution in [0, 0.1) is 0 Å². The minimum atomic E-state index is 0.00735. The monoisotopic (exact) mass is 358 g/mol. The van der Waals surface area contributed by atoms with E-state index in [1.807, 2.05) is 24.3 Å². The average molecular weight is 359 g/mol. The van der Waals surface area contributed by atoms with Crippen molar-refractivity contribution in [3.63, 3.8) is 0 Å². The van der Waals surface area contributed by atoms with Gasteiger partial charge in [-0.05, 0) is 55.2 Å². The maximum absolute atomic E-state index is 12.3. The van der Waals surface area contributed by atoms with Gasteiger partial charge >= 0.3 is 0 Å². The van der Waals surface area contributed by atoms with Crippen molar-refractivity contribution in [3.05, 3.63) is 52.5 Å². The summed E-state index contributed by atoms with van der Waals surface area (Å²) in [7, 11) is 1.59. The van der Waals surface area contributed by atoms with Gasteiger partial charge in [-0.2, -0.15) is 0 Å². The lowest BCUT2D eigenvalue weighted by Gasteiger charge is -2.17. The Bertz CT molecular complexity index is 776. The number of anilines is 2. The minimum Gasteiger partial charge on any atom is -0.495 e. The van der Waals surface area contributed by atoms with Crippen LogP contribution in [0.25, 0.3) is 0 Å². The van der Waals surface area contributed by atoms with Crippen LogP contribution in [-0.4, -0.2) is 26.1 Å². The average Bonchev–Trinajstić information content (AvgIpc) is 3.02. The summed E-state index contributed by atoms with van der Waals surface area (Å²) < 4.78 is 5.14. The second kappa shape index (κ2) is 7.79. The van der Waals surface area contributed by atoms with E-state index in [0.29, 0.717) is 23.6 Å². The predicted octanol–water partition coefficient (Wildman–Crippen LogP) is 4.30. The number of carbonyl (C=O) groups is 1. The number of ether oxygens (including phenoxy) is 1. The molecule has 1 heterocycles. The highest BCUT2D eigenvalue weighted by Gasteiger charge is 2.18. The Hall–Kier alpha value is -2.20. The second-order valence-electron chi connectivity index (χ2n) is 6.19. The summed E-state index contributed by atoms with van der Waals surface area (Å²) in [6, 6.07) is 11.8. The molecule has 3 rings (SSSR count). The first-order chi connectivity index (χ1) is 12.1. The molecule has 0 radical (unpaired) electrons. The van der Waals surface area contributed by atoms with Crippen LogP contribution in [0.15, 0.2) is 36.4 Å². The molecule has 0 spiro atoms. The number of nitrogens with one attached hydrogen (secondary N) is 1. The van der Waals surface area contributed by atoms with Crippen molar-refractivity contribution in [3.8, 4) is 5.75 Å². The largest absolute Gasteiger partial charge is 0.495 e. The first kappa shape index (κ1) is 17.6. The summed E-state index contributed by atoms with van der Waals surface area (Å²) in [5.41, 5.74) is 4.47. The topological polar surface area (TPSA) is 41.6 Å². The zero-order valence-corrected chi connectivity index (χ0v) is 15.4. The number of hydrogen-bond acceptors (Lipinski definition) is 3. The van der Waals surface area contributed by atoms with Crippen molar-refractivity contribution in [2.24, 2.45) is 0 Å². The van der Waals surface area contributed by atoms with Crippen molar-refractivity contribution in [2.45, 2.75) is 26.2 Å². The van der Waals surface area contributed by atoms with Crippen LogP contribution in [0.3, 0.4) is 0 Å². The van der Waals surface area contributed by atoms with E-state index in [4.69, 9.17) is 16.3 Å². The molecular formula is C20H23ClN2O2. The number of methoxy groups -OCH3 is 1. The molecule has 0 atom stereocenters. The van der Waals surface area contributed by atoms with Gasteiger partial charge in [0.1, 0.15) is 5.75 Å². The highest BCUT2D eigenvalue weighted by Crippen LogP contribution is 2.30. The molecule has 4 nitrogen and oxygen atoms in total. The molecule has 1 amide bonds. The van der Waals surface area contributed by atoms with Crippen LogP contribution < -0.4 is 15.0 Å². The molecule has 1 N–H and O–H groups in total. The molecule has 0 bridgehead atoms. The molecule has 0 fully saturated rings. The van der Waals surface area contributed by atoms with E-state index in [-0.39, 0.29) is 5.91 Å². The normalized spacial score (nSPS) is 12.8. The Morgan fingerprint density at radius 2 is 2.12 bits per heavy atom. The predicted molar refractivity (Wildman–Crippen MR) is 103 cm³/mol. The van der Waals surface area contributed by atoms with Crippen LogP contribution in [-0.2, 0) is 17.6 Å². The summed E-state index contributed by atoms with van der Waals surface area (Å²) >= 11 is 6.13. The molecule has 0 saturated carbocycles. The van der Waals surface area contributed by atoms with Gasteiger partial charge in [0.05, 0.1) is 12.1 Å². The molecule has 2 aromatic rings. The van der Waals surface area contributed by atoms with Gasteiger partial charge in [-0.3, -0.25) is 4.79 Å². The number of hydrogen-bond donors (Lipinski definition) is 1. The third-order valence-electron chi connectivity index (χ3n) is 4.60. The maximum atomic E-state index is 12.3. The lowest BCUT2D eigenvalue weighted by Crippen LogP contribution is -2.19. The van der Waals surface area contributed by atoms with Crippen molar-refractivity contribution in [1.29, 1.82) is 0 Å². The van der Waals surface area contributed by atoms with Gasteiger partial charge in [-0.1, -0.05) is 23.7 Å². The number of carbonyl (C=O) groups excluding carboxylic acids is 1. The van der Waals surface area contributed by atoms with Crippen molar-refractivity contribution in [2.75, 3.05) is 30.4 Å². The summed E-state index contributed by atoms with van der Waals surface area (Å²) in [5, 5.41) is 3.57. The molecule has 1 aliphatic heterocycles. The summed E-state index contributed by atoms with van der Waals surface area (Å²) in [6.07, 6.45) is 2.13. The number of rotatable bonds is 6. The van der Waals surface area contributed by atoms with Crippen LogP contribution in [0.4, 0.5) is 11.4 Å². The molecule has 0 saturated heterocycles. The number of amides is 1. The van der Waals surface area contributed by atoms with E-state index in [0.717, 1.165) is 30.8 Å². The van der Waals surface area contributed by atoms with Crippen LogP contribution in [0.5, 0.6) is 5.75 Å². The summed E-state index contributed by atoms with van der Waals surface area (Å²) in [6.45, 7) is 4.20. The lowest BCUT2D eigenvalue weighted by atomic mass is 10.1. The highest BCUT2D eigenvalue weighted by atomic mass is 35.5. The lowest BCUT2D eigenvalue weighted by molar-refractivity contribution is -0.116. The van der Waals surface area contributed by atoms with Gasteiger partial charge < -0.3 is 15.0 Å². The molecule has 2 aromatic carbocycles. The van der Waals surface area contributed by atoms with E-state index in [2.05, 4.69) is 29.3 Å². The van der Waals surface area contributed by atoms with E-state index >= 15 is 0 Å². The van der Waals surface area contributed by atoms with Gasteiger partial charge in [0.25, 0.3) is 0 Å². The first-order valence-electron chi connectivity index (χ1n) is 8.61. The molecule has 25 heavy (non-hydrogen) atoms. The zero-order chi connectivity index (χ0) is 17.8. The summed E-state index contributed by atoms with van der Waals surface area (Å²) in [4.78, 5) is 14.6. The van der Waals surface area contributed by atoms with E-state index in [1.165, 1.54) is 11.3 Å². The Balaban J connectivity index is 1.59. The standard InChI is InChI=1S/C20H23ClN2O2/c1-3-23-11-10-15-6-7-16(13-18(15)23)22-20(24)9-5-14-4-8-19(25-2)17(21)12-14/h4,6-8,12-13H,3,5,9-11H2,1-2H3,(H,22,24). The van der Waals surface area contributed by atoms with Crippen molar-refractivity contribution < 1.29 is 9.53 Å². The molecule has 5 heteroatoms. The fourth-order valence-electron chi connectivity index (χ4n) is 3.20. The number of nitrogens with zero attached hydrogens (tertiary/aromatic N) is 1. The van der Waals surface area contributed by atoms with Gasteiger partial charge in [0, 0.05) is 30.9 Å². The molecular weight excluding hydrogens is 336 g/mol. The third kappa shape index (κ3) is 4.07. The van der Waals surface area contributed by atoms with E-state index in [1.54, 1.807) is 7.11 Å². The van der Waals surface area contributed by atoms with Crippen molar-refractivity contribution in [1.82, 2.24) is 0 Å². The Morgan fingerprint density at radius 3 is 2.84 bits per heavy atom. The SMILES string of the molecule is CCN1CCc2ccc(NC(=O)CCc3ccc(OC)c(Cl)c3)cc21. The number of fused-ring (bicyclic) bond motifs is 1. The quantitative estimate of drug-likeness (QED) is 0.837. The summed E-state index contributed by atoms with van der Waals surface area (Å²) in [5.74, 6) is 0.654. The number of benzene rings is 2. The maximum Gasteiger partial charge on any atom is 0.224 e. The Kier molecular flexibility index (Phi) is 5.49. The Morgan fingerprint density at radius 1 is 1.28 bits per heavy atom. The number of aryl methyl sites for hydroxylation is 1. The minimum absolute atomic E-state index is 0.00735. The second-order valence-corrected chi connectivity index (χ2v) is 6.60. The highest BCUT2D eigenvalue weighted by molar-refractivity contribution is 6.32. The third-order valence-corrected chi connectivity index (χ3v) is 4.89. The van der Waals surface area contributed by atoms with Crippen LogP contribution >= 0.6 is 11.6 Å². The molecule has 132 valence electrons. The fourth-order valence-corrected chi connectivity index (χ4v) is 3.48. The van der Waals surface area contributed by atoms with Crippen molar-refractivity contribution >= 4 is 28.9 Å². The fraction of sp³-hybridized carbons (Fsp3) is 0.350. The number of likely N-dealkylation sites (N-methyl/N-ethyl adjacent to an activating group) is 1. The number of halogens is 1. The van der Waals surface area contributed by atoms with Gasteiger partial charge in [0.15, 0.2) is 0 Å². The van der Waals surface area contributed by atoms with E-state index in [9.17, 15) is 4.79 Å².